The fourth-order valence-electron chi connectivity index (χ4n) is 2.12. The van der Waals surface area contributed by atoms with E-state index in [4.69, 9.17) is 9.47 Å². The van der Waals surface area contributed by atoms with Crippen molar-refractivity contribution in [3.63, 3.8) is 0 Å². The van der Waals surface area contributed by atoms with E-state index in [1.807, 2.05) is 6.07 Å². The summed E-state index contributed by atoms with van der Waals surface area (Å²) in [6.07, 6.45) is 0. The van der Waals surface area contributed by atoms with Crippen LogP contribution in [0.1, 0.15) is 6.92 Å². The first-order valence-corrected chi connectivity index (χ1v) is 7.69. The Kier molecular flexibility index (Phi) is 6.22. The van der Waals surface area contributed by atoms with E-state index in [0.717, 1.165) is 0 Å². The molecule has 0 fully saturated rings. The van der Waals surface area contributed by atoms with Crippen LogP contribution in [0.2, 0.25) is 0 Å². The van der Waals surface area contributed by atoms with Gasteiger partial charge in [0.1, 0.15) is 17.5 Å². The lowest BCUT2D eigenvalue weighted by Crippen LogP contribution is -2.42. The van der Waals surface area contributed by atoms with Gasteiger partial charge in [-0.05, 0) is 31.2 Å². The van der Waals surface area contributed by atoms with Crippen molar-refractivity contribution in [1.29, 1.82) is 0 Å². The third-order valence-corrected chi connectivity index (χ3v) is 3.44. The first-order valence-electron chi connectivity index (χ1n) is 7.69. The Hall–Kier alpha value is -3.22. The van der Waals surface area contributed by atoms with Crippen molar-refractivity contribution in [2.45, 2.75) is 13.0 Å². The minimum atomic E-state index is -0.649. The number of para-hydroxylation sites is 1. The van der Waals surface area contributed by atoms with Gasteiger partial charge in [-0.15, -0.1) is 0 Å². The molecule has 0 radical (unpaired) electrons. The molecule has 0 aromatic heterocycles. The fraction of sp³-hybridized carbons (Fsp3) is 0.222. The average molecular weight is 343 g/mol. The predicted molar refractivity (Wildman–Crippen MR) is 96.2 cm³/mol. The van der Waals surface area contributed by atoms with Gasteiger partial charge in [0.25, 0.3) is 0 Å². The standard InChI is InChI=1S/C18H21N3O4/c1-12(19-15-10-9-14(24-2)11-16(15)25-3)17(22)21-18(23)20-13-7-5-4-6-8-13/h4-12,19H,1-3H3,(H2,20,21,22,23)/t12-/m0/s1. The maximum atomic E-state index is 12.2. The molecule has 0 aliphatic carbocycles. The number of ether oxygens (including phenoxy) is 2. The van der Waals surface area contributed by atoms with Crippen LogP contribution in [0.25, 0.3) is 0 Å². The molecule has 0 heterocycles. The van der Waals surface area contributed by atoms with E-state index in [-0.39, 0.29) is 0 Å². The smallest absolute Gasteiger partial charge is 0.325 e. The molecule has 2 rings (SSSR count). The Bertz CT molecular complexity index is 734. The molecule has 2 aromatic carbocycles. The summed E-state index contributed by atoms with van der Waals surface area (Å²) in [7, 11) is 3.08. The zero-order chi connectivity index (χ0) is 18.2. The van der Waals surface area contributed by atoms with E-state index in [2.05, 4.69) is 16.0 Å². The highest BCUT2D eigenvalue weighted by atomic mass is 16.5. The number of hydrogen-bond acceptors (Lipinski definition) is 5. The molecular formula is C18H21N3O4. The molecule has 3 amide bonds. The van der Waals surface area contributed by atoms with Crippen molar-refractivity contribution in [3.8, 4) is 11.5 Å². The number of anilines is 2. The van der Waals surface area contributed by atoms with E-state index in [1.165, 1.54) is 7.11 Å². The van der Waals surface area contributed by atoms with Crippen molar-refractivity contribution in [1.82, 2.24) is 5.32 Å². The molecule has 25 heavy (non-hydrogen) atoms. The SMILES string of the molecule is COc1ccc(N[C@@H](C)C(=O)NC(=O)Nc2ccccc2)c(OC)c1. The number of imide groups is 1. The van der Waals surface area contributed by atoms with Gasteiger partial charge in [0, 0.05) is 11.8 Å². The summed E-state index contributed by atoms with van der Waals surface area (Å²) in [5, 5.41) is 7.89. The third-order valence-electron chi connectivity index (χ3n) is 3.44. The Morgan fingerprint density at radius 1 is 1.00 bits per heavy atom. The zero-order valence-electron chi connectivity index (χ0n) is 14.3. The average Bonchev–Trinajstić information content (AvgIpc) is 2.62. The minimum Gasteiger partial charge on any atom is -0.497 e. The molecule has 1 atom stereocenters. The number of amides is 3. The van der Waals surface area contributed by atoms with Gasteiger partial charge in [-0.25, -0.2) is 4.79 Å². The van der Waals surface area contributed by atoms with E-state index in [0.29, 0.717) is 22.9 Å². The number of hydrogen-bond donors (Lipinski definition) is 3. The summed E-state index contributed by atoms with van der Waals surface area (Å²) in [6.45, 7) is 1.65. The predicted octanol–water partition coefficient (Wildman–Crippen LogP) is 2.85. The van der Waals surface area contributed by atoms with Crippen molar-refractivity contribution in [3.05, 3.63) is 48.5 Å². The summed E-state index contributed by atoms with van der Waals surface area (Å²) in [6, 6.07) is 12.8. The molecule has 0 aliphatic heterocycles. The summed E-state index contributed by atoms with van der Waals surface area (Å²) in [5.41, 5.74) is 1.22. The number of urea groups is 1. The number of nitrogens with one attached hydrogen (secondary N) is 3. The molecular weight excluding hydrogens is 322 g/mol. The molecule has 0 saturated heterocycles. The van der Waals surface area contributed by atoms with Crippen LogP contribution in [0, 0.1) is 0 Å². The second-order valence-electron chi connectivity index (χ2n) is 5.24. The van der Waals surface area contributed by atoms with Crippen LogP contribution in [0.3, 0.4) is 0 Å². The Balaban J connectivity index is 1.95. The van der Waals surface area contributed by atoms with Crippen molar-refractivity contribution < 1.29 is 19.1 Å². The third kappa shape index (κ3) is 5.13. The number of carbonyl (C=O) groups is 2. The van der Waals surface area contributed by atoms with E-state index >= 15 is 0 Å². The summed E-state index contributed by atoms with van der Waals surface area (Å²) in [5.74, 6) is 0.709. The highest BCUT2D eigenvalue weighted by molar-refractivity contribution is 6.03. The molecule has 0 unspecified atom stereocenters. The molecule has 0 saturated carbocycles. The van der Waals surface area contributed by atoms with Crippen LogP contribution in [0.5, 0.6) is 11.5 Å². The Morgan fingerprint density at radius 2 is 1.72 bits per heavy atom. The summed E-state index contributed by atoms with van der Waals surface area (Å²) < 4.78 is 10.4. The zero-order valence-corrected chi connectivity index (χ0v) is 14.3. The molecule has 0 aliphatic rings. The molecule has 3 N–H and O–H groups in total. The van der Waals surface area contributed by atoms with E-state index in [1.54, 1.807) is 56.5 Å². The molecule has 7 nitrogen and oxygen atoms in total. The normalized spacial score (nSPS) is 11.2. The quantitative estimate of drug-likeness (QED) is 0.750. The van der Waals surface area contributed by atoms with Crippen LogP contribution in [0.15, 0.2) is 48.5 Å². The van der Waals surface area contributed by atoms with Crippen molar-refractivity contribution in [2.24, 2.45) is 0 Å². The minimum absolute atomic E-state index is 0.466. The van der Waals surface area contributed by atoms with Crippen LogP contribution in [-0.2, 0) is 4.79 Å². The summed E-state index contributed by atoms with van der Waals surface area (Å²) >= 11 is 0. The van der Waals surface area contributed by atoms with Gasteiger partial charge in [-0.3, -0.25) is 10.1 Å². The van der Waals surface area contributed by atoms with E-state index in [9.17, 15) is 9.59 Å². The van der Waals surface area contributed by atoms with Gasteiger partial charge in [0.2, 0.25) is 5.91 Å². The van der Waals surface area contributed by atoms with Crippen molar-refractivity contribution >= 4 is 23.3 Å². The molecule has 0 bridgehead atoms. The lowest BCUT2D eigenvalue weighted by atomic mass is 10.2. The summed E-state index contributed by atoms with van der Waals surface area (Å²) in [4.78, 5) is 24.0. The topological polar surface area (TPSA) is 88.7 Å². The Labute approximate surface area is 146 Å². The highest BCUT2D eigenvalue weighted by Crippen LogP contribution is 2.29. The Morgan fingerprint density at radius 3 is 2.36 bits per heavy atom. The van der Waals surface area contributed by atoms with Gasteiger partial charge in [-0.1, -0.05) is 18.2 Å². The monoisotopic (exact) mass is 343 g/mol. The number of methoxy groups -OCH3 is 2. The largest absolute Gasteiger partial charge is 0.497 e. The van der Waals surface area contributed by atoms with Gasteiger partial charge in [-0.2, -0.15) is 0 Å². The van der Waals surface area contributed by atoms with E-state index < -0.39 is 18.0 Å². The number of benzene rings is 2. The number of carbonyl (C=O) groups excluding carboxylic acids is 2. The molecule has 7 heteroatoms. The van der Waals surface area contributed by atoms with Gasteiger partial charge in [0.05, 0.1) is 19.9 Å². The fourth-order valence-corrected chi connectivity index (χ4v) is 2.12. The highest BCUT2D eigenvalue weighted by Gasteiger charge is 2.17. The van der Waals surface area contributed by atoms with Crippen LogP contribution < -0.4 is 25.4 Å². The van der Waals surface area contributed by atoms with Crippen LogP contribution >= 0.6 is 0 Å². The van der Waals surface area contributed by atoms with Crippen LogP contribution in [0.4, 0.5) is 16.2 Å². The maximum absolute atomic E-state index is 12.2. The second kappa shape index (κ2) is 8.58. The lowest BCUT2D eigenvalue weighted by molar-refractivity contribution is -0.120. The van der Waals surface area contributed by atoms with Gasteiger partial charge < -0.3 is 20.1 Å². The van der Waals surface area contributed by atoms with Crippen LogP contribution in [-0.4, -0.2) is 32.2 Å². The van der Waals surface area contributed by atoms with Crippen molar-refractivity contribution in [2.75, 3.05) is 24.9 Å². The number of rotatable bonds is 6. The molecule has 132 valence electrons. The molecule has 0 spiro atoms. The van der Waals surface area contributed by atoms with Gasteiger partial charge in [0.15, 0.2) is 0 Å². The molecule has 2 aromatic rings. The first-order chi connectivity index (χ1) is 12.0. The lowest BCUT2D eigenvalue weighted by Gasteiger charge is -2.17. The second-order valence-corrected chi connectivity index (χ2v) is 5.24. The van der Waals surface area contributed by atoms with Gasteiger partial charge >= 0.3 is 6.03 Å². The first kappa shape index (κ1) is 18.1. The maximum Gasteiger partial charge on any atom is 0.325 e.